The number of carbonyl (C=O) groups excluding carboxylic acids is 1. The molecular weight excluding hydrogens is 262 g/mol. The van der Waals surface area contributed by atoms with Crippen LogP contribution in [0.25, 0.3) is 0 Å². The highest BCUT2D eigenvalue weighted by Gasteiger charge is 2.20. The third-order valence-electron chi connectivity index (χ3n) is 3.74. The number of hydrogen-bond acceptors (Lipinski definition) is 3. The van der Waals surface area contributed by atoms with E-state index >= 15 is 0 Å². The predicted molar refractivity (Wildman–Crippen MR) is 77.1 cm³/mol. The number of aromatic nitrogens is 1. The first-order valence-electron chi connectivity index (χ1n) is 6.75. The summed E-state index contributed by atoms with van der Waals surface area (Å²) in [7, 11) is 0. The number of hydrogen-bond donors (Lipinski definition) is 2. The molecule has 1 heterocycles. The minimum Gasteiger partial charge on any atom is -0.397 e. The van der Waals surface area contributed by atoms with Crippen LogP contribution in [0.2, 0.25) is 5.15 Å². The zero-order valence-corrected chi connectivity index (χ0v) is 11.9. The first kappa shape index (κ1) is 14.1. The number of pyridine rings is 1. The zero-order chi connectivity index (χ0) is 13.8. The molecule has 1 fully saturated rings. The van der Waals surface area contributed by atoms with E-state index in [0.29, 0.717) is 23.7 Å². The first-order valence-corrected chi connectivity index (χ1v) is 7.13. The number of nitrogens with one attached hydrogen (secondary N) is 1. The monoisotopic (exact) mass is 281 g/mol. The van der Waals surface area contributed by atoms with Crippen molar-refractivity contribution in [3.05, 3.63) is 23.0 Å². The molecule has 1 amide bonds. The minimum atomic E-state index is -0.167. The topological polar surface area (TPSA) is 68.0 Å². The highest BCUT2D eigenvalue weighted by atomic mass is 35.5. The molecule has 1 aromatic heterocycles. The standard InChI is InChI=1S/C14H20ClN3O/c1-9-3-2-4-10(5-9)7-18-14(19)11-6-13(15)17-8-12(11)16/h6,8-10H,2-5,7,16H2,1H3,(H,18,19). The highest BCUT2D eigenvalue weighted by Crippen LogP contribution is 2.28. The van der Waals surface area contributed by atoms with Crippen molar-refractivity contribution in [1.82, 2.24) is 10.3 Å². The fraction of sp³-hybridized carbons (Fsp3) is 0.571. The van der Waals surface area contributed by atoms with Gasteiger partial charge in [0.1, 0.15) is 5.15 Å². The summed E-state index contributed by atoms with van der Waals surface area (Å²) in [6.07, 6.45) is 6.35. The molecule has 0 spiro atoms. The van der Waals surface area contributed by atoms with Crippen LogP contribution in [0, 0.1) is 11.8 Å². The molecule has 0 aromatic carbocycles. The Hall–Kier alpha value is -1.29. The van der Waals surface area contributed by atoms with Crippen molar-refractivity contribution in [2.45, 2.75) is 32.6 Å². The van der Waals surface area contributed by atoms with Gasteiger partial charge < -0.3 is 11.1 Å². The highest BCUT2D eigenvalue weighted by molar-refractivity contribution is 6.29. The van der Waals surface area contributed by atoms with Crippen LogP contribution < -0.4 is 11.1 Å². The van der Waals surface area contributed by atoms with Crippen molar-refractivity contribution >= 4 is 23.2 Å². The summed E-state index contributed by atoms with van der Waals surface area (Å²) in [5, 5.41) is 3.23. The quantitative estimate of drug-likeness (QED) is 0.837. The molecule has 1 aliphatic rings. The molecule has 0 bridgehead atoms. The second-order valence-corrected chi connectivity index (χ2v) is 5.83. The van der Waals surface area contributed by atoms with Gasteiger partial charge in [-0.15, -0.1) is 0 Å². The molecule has 2 rings (SSSR count). The van der Waals surface area contributed by atoms with Crippen LogP contribution in [0.3, 0.4) is 0 Å². The van der Waals surface area contributed by atoms with Crippen molar-refractivity contribution in [2.75, 3.05) is 12.3 Å². The molecule has 2 atom stereocenters. The van der Waals surface area contributed by atoms with Gasteiger partial charge in [0.15, 0.2) is 0 Å². The zero-order valence-electron chi connectivity index (χ0n) is 11.2. The lowest BCUT2D eigenvalue weighted by Gasteiger charge is -2.26. The van der Waals surface area contributed by atoms with E-state index in [1.807, 2.05) is 0 Å². The normalized spacial score (nSPS) is 23.1. The third kappa shape index (κ3) is 3.83. The van der Waals surface area contributed by atoms with E-state index in [0.717, 1.165) is 5.92 Å². The van der Waals surface area contributed by atoms with Gasteiger partial charge in [0.2, 0.25) is 0 Å². The van der Waals surface area contributed by atoms with Crippen molar-refractivity contribution in [2.24, 2.45) is 11.8 Å². The minimum absolute atomic E-state index is 0.167. The average molecular weight is 282 g/mol. The molecule has 19 heavy (non-hydrogen) atoms. The summed E-state index contributed by atoms with van der Waals surface area (Å²) in [5.41, 5.74) is 6.51. The summed E-state index contributed by atoms with van der Waals surface area (Å²) in [6, 6.07) is 1.51. The van der Waals surface area contributed by atoms with Crippen LogP contribution in [-0.4, -0.2) is 17.4 Å². The molecule has 3 N–H and O–H groups in total. The van der Waals surface area contributed by atoms with Crippen molar-refractivity contribution in [3.8, 4) is 0 Å². The molecule has 2 unspecified atom stereocenters. The Bertz CT molecular complexity index is 464. The molecule has 1 aromatic rings. The number of halogens is 1. The second-order valence-electron chi connectivity index (χ2n) is 5.44. The van der Waals surface area contributed by atoms with Crippen molar-refractivity contribution in [3.63, 3.8) is 0 Å². The van der Waals surface area contributed by atoms with Gasteiger partial charge in [0.05, 0.1) is 17.4 Å². The molecule has 0 saturated heterocycles. The predicted octanol–water partition coefficient (Wildman–Crippen LogP) is 2.87. The largest absolute Gasteiger partial charge is 0.397 e. The summed E-state index contributed by atoms with van der Waals surface area (Å²) in [4.78, 5) is 15.9. The maximum absolute atomic E-state index is 12.1. The molecule has 4 nitrogen and oxygen atoms in total. The van der Waals surface area contributed by atoms with E-state index < -0.39 is 0 Å². The van der Waals surface area contributed by atoms with Crippen molar-refractivity contribution in [1.29, 1.82) is 0 Å². The van der Waals surface area contributed by atoms with Crippen molar-refractivity contribution < 1.29 is 4.79 Å². The number of rotatable bonds is 3. The van der Waals surface area contributed by atoms with Gasteiger partial charge in [-0.3, -0.25) is 4.79 Å². The van der Waals surface area contributed by atoms with E-state index in [2.05, 4.69) is 17.2 Å². The fourth-order valence-electron chi connectivity index (χ4n) is 2.71. The van der Waals surface area contributed by atoms with Gasteiger partial charge in [-0.25, -0.2) is 4.98 Å². The van der Waals surface area contributed by atoms with E-state index in [9.17, 15) is 4.79 Å². The average Bonchev–Trinajstić information content (AvgIpc) is 2.39. The number of nitrogens with zero attached hydrogens (tertiary/aromatic N) is 1. The van der Waals surface area contributed by atoms with E-state index in [4.69, 9.17) is 17.3 Å². The van der Waals surface area contributed by atoms with Gasteiger partial charge in [0, 0.05) is 6.54 Å². The van der Waals surface area contributed by atoms with Crippen LogP contribution in [0.4, 0.5) is 5.69 Å². The molecular formula is C14H20ClN3O. The van der Waals surface area contributed by atoms with Gasteiger partial charge >= 0.3 is 0 Å². The Morgan fingerprint density at radius 1 is 1.58 bits per heavy atom. The van der Waals surface area contributed by atoms with Gasteiger partial charge in [0.25, 0.3) is 5.91 Å². The fourth-order valence-corrected chi connectivity index (χ4v) is 2.87. The molecule has 1 aliphatic carbocycles. The van der Waals surface area contributed by atoms with Gasteiger partial charge in [-0.1, -0.05) is 31.4 Å². The Balaban J connectivity index is 1.92. The lowest BCUT2D eigenvalue weighted by molar-refractivity contribution is 0.0941. The van der Waals surface area contributed by atoms with Crippen LogP contribution in [0.1, 0.15) is 43.0 Å². The number of anilines is 1. The maximum atomic E-state index is 12.1. The van der Waals surface area contributed by atoms with E-state index in [1.54, 1.807) is 0 Å². The molecule has 1 saturated carbocycles. The number of nitrogens with two attached hydrogens (primary N) is 1. The van der Waals surface area contributed by atoms with Crippen LogP contribution in [0.15, 0.2) is 12.3 Å². The van der Waals surface area contributed by atoms with Crippen LogP contribution in [0.5, 0.6) is 0 Å². The molecule has 0 aliphatic heterocycles. The van der Waals surface area contributed by atoms with Gasteiger partial charge in [-0.2, -0.15) is 0 Å². The molecule has 104 valence electrons. The Morgan fingerprint density at radius 3 is 3.11 bits per heavy atom. The summed E-state index contributed by atoms with van der Waals surface area (Å²) in [6.45, 7) is 2.98. The smallest absolute Gasteiger partial charge is 0.253 e. The Labute approximate surface area is 118 Å². The molecule has 0 radical (unpaired) electrons. The van der Waals surface area contributed by atoms with E-state index in [-0.39, 0.29) is 11.1 Å². The lowest BCUT2D eigenvalue weighted by atomic mass is 9.82. The summed E-state index contributed by atoms with van der Waals surface area (Å²) < 4.78 is 0. The van der Waals surface area contributed by atoms with Crippen LogP contribution in [-0.2, 0) is 0 Å². The first-order chi connectivity index (χ1) is 9.06. The number of carbonyl (C=O) groups is 1. The Kier molecular flexibility index (Phi) is 4.64. The lowest BCUT2D eigenvalue weighted by Crippen LogP contribution is -2.32. The van der Waals surface area contributed by atoms with Gasteiger partial charge in [-0.05, 0) is 30.7 Å². The number of nitrogen functional groups attached to an aromatic ring is 1. The SMILES string of the molecule is CC1CCCC(CNC(=O)c2cc(Cl)ncc2N)C1. The second kappa shape index (κ2) is 6.24. The maximum Gasteiger partial charge on any atom is 0.253 e. The summed E-state index contributed by atoms with van der Waals surface area (Å²) in [5.74, 6) is 1.17. The van der Waals surface area contributed by atoms with Crippen LogP contribution >= 0.6 is 11.6 Å². The number of amides is 1. The van der Waals surface area contributed by atoms with E-state index in [1.165, 1.54) is 37.9 Å². The third-order valence-corrected chi connectivity index (χ3v) is 3.95. The summed E-state index contributed by atoms with van der Waals surface area (Å²) >= 11 is 5.78. The Morgan fingerprint density at radius 2 is 2.37 bits per heavy atom. The molecule has 5 heteroatoms.